The zero-order valence-corrected chi connectivity index (χ0v) is 17.7. The van der Waals surface area contributed by atoms with E-state index in [9.17, 15) is 0 Å². The third kappa shape index (κ3) is 3.04. The van der Waals surface area contributed by atoms with Crippen LogP contribution in [0.1, 0.15) is 77.0 Å². The third-order valence-electron chi connectivity index (χ3n) is 7.18. The van der Waals surface area contributed by atoms with Gasteiger partial charge >= 0.3 is 0 Å². The molecule has 5 rings (SSSR count). The summed E-state index contributed by atoms with van der Waals surface area (Å²) in [6.45, 7) is 2.31. The van der Waals surface area contributed by atoms with Crippen molar-refractivity contribution >= 4 is 15.9 Å². The minimum absolute atomic E-state index is 0.258. The van der Waals surface area contributed by atoms with Crippen LogP contribution in [-0.2, 0) is 12.5 Å². The number of fused-ring (bicyclic) bond motifs is 3. The maximum absolute atomic E-state index is 4.71. The molecule has 0 amide bonds. The molecule has 3 aliphatic rings. The summed E-state index contributed by atoms with van der Waals surface area (Å²) < 4.78 is 3.34. The Morgan fingerprint density at radius 1 is 1.00 bits per heavy atom. The van der Waals surface area contributed by atoms with Gasteiger partial charge in [0.2, 0.25) is 0 Å². The van der Waals surface area contributed by atoms with Gasteiger partial charge in [0.1, 0.15) is 5.82 Å². The van der Waals surface area contributed by atoms with Gasteiger partial charge in [-0.25, -0.2) is 0 Å². The maximum Gasteiger partial charge on any atom is 0.164 e. The molecule has 0 saturated heterocycles. The van der Waals surface area contributed by atoms with Crippen LogP contribution in [0.4, 0.5) is 0 Å². The quantitative estimate of drug-likeness (QED) is 0.509. The van der Waals surface area contributed by atoms with Crippen molar-refractivity contribution in [2.75, 3.05) is 0 Å². The van der Waals surface area contributed by atoms with Gasteiger partial charge in [0.25, 0.3) is 0 Å². The molecule has 0 spiro atoms. The van der Waals surface area contributed by atoms with Gasteiger partial charge in [-0.15, -0.1) is 10.2 Å². The average molecular weight is 416 g/mol. The summed E-state index contributed by atoms with van der Waals surface area (Å²) in [7, 11) is 2.15. The molecule has 0 unspecified atom stereocenters. The van der Waals surface area contributed by atoms with Gasteiger partial charge in [-0.2, -0.15) is 0 Å². The Kier molecular flexibility index (Phi) is 4.98. The van der Waals surface area contributed by atoms with Gasteiger partial charge in [0.15, 0.2) is 5.82 Å². The zero-order valence-electron chi connectivity index (χ0n) is 16.1. The Balaban J connectivity index is 1.56. The molecule has 1 aromatic heterocycles. The molecule has 1 aromatic carbocycles. The first kappa shape index (κ1) is 18.2. The van der Waals surface area contributed by atoms with Gasteiger partial charge < -0.3 is 4.57 Å². The van der Waals surface area contributed by atoms with E-state index in [1.807, 2.05) is 6.07 Å². The highest BCUT2D eigenvalue weighted by Crippen LogP contribution is 2.59. The molecular weight excluding hydrogens is 386 g/mol. The highest BCUT2D eigenvalue weighted by Gasteiger charge is 2.51. The number of rotatable bonds is 6. The van der Waals surface area contributed by atoms with Gasteiger partial charge in [-0.05, 0) is 56.4 Å². The van der Waals surface area contributed by atoms with Gasteiger partial charge in [-0.3, -0.25) is 0 Å². The lowest BCUT2D eigenvalue weighted by Crippen LogP contribution is -2.45. The first-order valence-electron chi connectivity index (χ1n) is 10.2. The van der Waals surface area contributed by atoms with Crippen LogP contribution >= 0.6 is 15.9 Å². The Labute approximate surface area is 165 Å². The first-order chi connectivity index (χ1) is 12.6. The highest BCUT2D eigenvalue weighted by atomic mass is 79.9. The Morgan fingerprint density at radius 3 is 2.35 bits per heavy atom. The predicted octanol–water partition coefficient (Wildman–Crippen LogP) is 6.42. The van der Waals surface area contributed by atoms with E-state index >= 15 is 0 Å². The minimum atomic E-state index is 0.258. The van der Waals surface area contributed by atoms with Gasteiger partial charge in [0.05, 0.1) is 0 Å². The van der Waals surface area contributed by atoms with E-state index in [2.05, 4.69) is 57.8 Å². The molecule has 2 aromatic rings. The van der Waals surface area contributed by atoms with Crippen LogP contribution < -0.4 is 0 Å². The van der Waals surface area contributed by atoms with Crippen LogP contribution in [0.5, 0.6) is 0 Å². The molecular formula is C22H30BrN3. The molecule has 3 aliphatic carbocycles. The molecule has 1 heterocycles. The number of halogens is 1. The monoisotopic (exact) mass is 415 g/mol. The topological polar surface area (TPSA) is 30.7 Å². The maximum atomic E-state index is 4.71. The van der Waals surface area contributed by atoms with Crippen LogP contribution in [0.15, 0.2) is 28.7 Å². The zero-order chi connectivity index (χ0) is 18.2. The number of benzene rings is 1. The van der Waals surface area contributed by atoms with Crippen molar-refractivity contribution in [2.45, 2.75) is 76.5 Å². The van der Waals surface area contributed by atoms with E-state index in [1.54, 1.807) is 0 Å². The van der Waals surface area contributed by atoms with E-state index in [4.69, 9.17) is 5.10 Å². The van der Waals surface area contributed by atoms with Crippen LogP contribution in [-0.4, -0.2) is 14.8 Å². The van der Waals surface area contributed by atoms with Gasteiger partial charge in [0, 0.05) is 22.5 Å². The summed E-state index contributed by atoms with van der Waals surface area (Å²) in [5.74, 6) is 2.19. The van der Waals surface area contributed by atoms with Crippen LogP contribution in [0.2, 0.25) is 0 Å². The Bertz CT molecular complexity index is 755. The van der Waals surface area contributed by atoms with E-state index < -0.39 is 0 Å². The Morgan fingerprint density at radius 2 is 1.69 bits per heavy atom. The van der Waals surface area contributed by atoms with Crippen molar-refractivity contribution in [1.29, 1.82) is 0 Å². The molecule has 3 nitrogen and oxygen atoms in total. The average Bonchev–Trinajstić information content (AvgIpc) is 3.06. The fourth-order valence-corrected chi connectivity index (χ4v) is 5.85. The number of unbranched alkanes of at least 4 members (excludes halogenated alkanes) is 2. The number of aromatic nitrogens is 3. The molecule has 2 bridgehead atoms. The van der Waals surface area contributed by atoms with Crippen molar-refractivity contribution in [3.63, 3.8) is 0 Å². The summed E-state index contributed by atoms with van der Waals surface area (Å²) >= 11 is 3.67. The van der Waals surface area contributed by atoms with Crippen molar-refractivity contribution in [3.8, 4) is 11.4 Å². The van der Waals surface area contributed by atoms with E-state index in [-0.39, 0.29) is 5.41 Å². The van der Waals surface area contributed by atoms with Crippen molar-refractivity contribution in [2.24, 2.45) is 12.5 Å². The third-order valence-corrected chi connectivity index (χ3v) is 7.87. The van der Waals surface area contributed by atoms with Crippen molar-refractivity contribution in [3.05, 3.63) is 34.6 Å². The summed E-state index contributed by atoms with van der Waals surface area (Å²) in [4.78, 5) is 0. The second-order valence-electron chi connectivity index (χ2n) is 8.62. The lowest BCUT2D eigenvalue weighted by molar-refractivity contribution is 0.0250. The SMILES string of the molecule is CCCCCC12CCC(c3nnc(-c4ccccc4Br)n3C)(CC1)CC2. The van der Waals surface area contributed by atoms with E-state index in [0.29, 0.717) is 5.41 Å². The fraction of sp³-hybridized carbons (Fsp3) is 0.636. The predicted molar refractivity (Wildman–Crippen MR) is 110 cm³/mol. The molecule has 140 valence electrons. The second-order valence-corrected chi connectivity index (χ2v) is 9.48. The molecule has 0 N–H and O–H groups in total. The molecule has 26 heavy (non-hydrogen) atoms. The van der Waals surface area contributed by atoms with Crippen molar-refractivity contribution < 1.29 is 0 Å². The fourth-order valence-electron chi connectivity index (χ4n) is 5.39. The van der Waals surface area contributed by atoms with Crippen LogP contribution in [0.3, 0.4) is 0 Å². The van der Waals surface area contributed by atoms with Crippen LogP contribution in [0, 0.1) is 5.41 Å². The Hall–Kier alpha value is -1.16. The van der Waals surface area contributed by atoms with Gasteiger partial charge in [-0.1, -0.05) is 60.3 Å². The lowest BCUT2D eigenvalue weighted by Gasteiger charge is -2.53. The largest absolute Gasteiger partial charge is 0.314 e. The molecule has 0 radical (unpaired) electrons. The molecule has 3 saturated carbocycles. The molecule has 0 atom stereocenters. The van der Waals surface area contributed by atoms with Crippen LogP contribution in [0.25, 0.3) is 11.4 Å². The highest BCUT2D eigenvalue weighted by molar-refractivity contribution is 9.10. The lowest BCUT2D eigenvalue weighted by atomic mass is 9.52. The number of nitrogens with zero attached hydrogens (tertiary/aromatic N) is 3. The number of hydrogen-bond donors (Lipinski definition) is 0. The summed E-state index contributed by atoms with van der Waals surface area (Å²) in [6, 6.07) is 8.31. The van der Waals surface area contributed by atoms with Crippen molar-refractivity contribution in [1.82, 2.24) is 14.8 Å². The summed E-state index contributed by atoms with van der Waals surface area (Å²) in [5, 5.41) is 9.31. The minimum Gasteiger partial charge on any atom is -0.314 e. The van der Waals surface area contributed by atoms with E-state index in [0.717, 1.165) is 15.9 Å². The summed E-state index contributed by atoms with van der Waals surface area (Å²) in [6.07, 6.45) is 13.6. The van der Waals surface area contributed by atoms with E-state index in [1.165, 1.54) is 70.0 Å². The molecule has 3 fully saturated rings. The standard InChI is InChI=1S/C22H30BrN3/c1-3-4-7-10-21-11-14-22(15-12-21,16-13-21)20-25-24-19(26(20)2)17-8-5-6-9-18(17)23/h5-6,8-9H,3-4,7,10-16H2,1-2H3. The molecule has 4 heteroatoms. The normalized spacial score (nSPS) is 27.8. The second kappa shape index (κ2) is 7.10. The smallest absolute Gasteiger partial charge is 0.164 e. The molecule has 0 aliphatic heterocycles. The summed E-state index contributed by atoms with van der Waals surface area (Å²) in [5.41, 5.74) is 2.03. The number of hydrogen-bond acceptors (Lipinski definition) is 2. The first-order valence-corrected chi connectivity index (χ1v) is 11.0.